The van der Waals surface area contributed by atoms with Crippen molar-refractivity contribution in [1.29, 1.82) is 0 Å². The van der Waals surface area contributed by atoms with Crippen molar-refractivity contribution in [2.45, 2.75) is 31.1 Å². The van der Waals surface area contributed by atoms with Gasteiger partial charge < -0.3 is 0 Å². The second kappa shape index (κ2) is 5.05. The third kappa shape index (κ3) is 2.17. The predicted octanol–water partition coefficient (Wildman–Crippen LogP) is 3.67. The minimum Gasteiger partial charge on any atom is -0.298 e. The van der Waals surface area contributed by atoms with Crippen molar-refractivity contribution in [2.75, 3.05) is 12.0 Å². The highest BCUT2D eigenvalue weighted by atomic mass is 32.2. The van der Waals surface area contributed by atoms with Crippen LogP contribution in [0.1, 0.15) is 41.6 Å². The lowest BCUT2D eigenvalue weighted by atomic mass is 9.80. The van der Waals surface area contributed by atoms with Crippen LogP contribution in [-0.2, 0) is 5.41 Å². The maximum absolute atomic E-state index is 10.8. The molecule has 0 N–H and O–H groups in total. The first-order chi connectivity index (χ1) is 7.80. The monoisotopic (exact) mass is 234 g/mol. The maximum Gasteiger partial charge on any atom is 0.150 e. The van der Waals surface area contributed by atoms with Crippen molar-refractivity contribution in [3.8, 4) is 0 Å². The number of hydrogen-bond acceptors (Lipinski definition) is 2. The molecule has 0 radical (unpaired) electrons. The molecule has 0 aliphatic heterocycles. The molecule has 86 valence electrons. The maximum atomic E-state index is 10.8. The van der Waals surface area contributed by atoms with Crippen LogP contribution in [0.4, 0.5) is 0 Å². The molecule has 1 nitrogen and oxygen atoms in total. The summed E-state index contributed by atoms with van der Waals surface area (Å²) >= 11 is 1.92. The van der Waals surface area contributed by atoms with Crippen LogP contribution in [0, 0.1) is 0 Å². The van der Waals surface area contributed by atoms with Crippen LogP contribution in [0.2, 0.25) is 0 Å². The van der Waals surface area contributed by atoms with Gasteiger partial charge in [0.2, 0.25) is 0 Å². The van der Waals surface area contributed by atoms with E-state index in [1.165, 1.54) is 37.0 Å². The number of carbonyl (C=O) groups is 1. The lowest BCUT2D eigenvalue weighted by Gasteiger charge is -2.29. The number of hydrogen-bond donors (Lipinski definition) is 0. The fourth-order valence-corrected chi connectivity index (χ4v) is 3.79. The van der Waals surface area contributed by atoms with Crippen molar-refractivity contribution in [1.82, 2.24) is 0 Å². The van der Waals surface area contributed by atoms with E-state index in [1.54, 1.807) is 0 Å². The number of carbonyl (C=O) groups excluding carboxylic acids is 1. The van der Waals surface area contributed by atoms with E-state index >= 15 is 0 Å². The van der Waals surface area contributed by atoms with Gasteiger partial charge in [0.25, 0.3) is 0 Å². The molecule has 0 spiro atoms. The Bertz CT molecular complexity index is 367. The molecule has 0 atom stereocenters. The average Bonchev–Trinajstić information content (AvgIpc) is 2.80. The van der Waals surface area contributed by atoms with E-state index in [4.69, 9.17) is 0 Å². The van der Waals surface area contributed by atoms with E-state index in [2.05, 4.69) is 18.4 Å². The van der Waals surface area contributed by atoms with E-state index in [9.17, 15) is 4.79 Å². The van der Waals surface area contributed by atoms with Gasteiger partial charge >= 0.3 is 0 Å². The third-order valence-corrected chi connectivity index (χ3v) is 4.46. The first kappa shape index (κ1) is 11.7. The van der Waals surface area contributed by atoms with Crippen molar-refractivity contribution in [2.24, 2.45) is 0 Å². The summed E-state index contributed by atoms with van der Waals surface area (Å²) in [4.78, 5) is 10.8. The first-order valence-corrected chi connectivity index (χ1v) is 7.25. The Kier molecular flexibility index (Phi) is 3.70. The van der Waals surface area contributed by atoms with Gasteiger partial charge in [-0.3, -0.25) is 4.79 Å². The average molecular weight is 234 g/mol. The van der Waals surface area contributed by atoms with Gasteiger partial charge in [0.1, 0.15) is 6.29 Å². The van der Waals surface area contributed by atoms with Crippen LogP contribution in [-0.4, -0.2) is 18.3 Å². The van der Waals surface area contributed by atoms with Crippen LogP contribution in [0.15, 0.2) is 24.3 Å². The van der Waals surface area contributed by atoms with Crippen LogP contribution < -0.4 is 0 Å². The zero-order chi connectivity index (χ0) is 11.4. The molecule has 1 aromatic carbocycles. The lowest BCUT2D eigenvalue weighted by Crippen LogP contribution is -2.25. The Morgan fingerprint density at radius 1 is 1.38 bits per heavy atom. The summed E-state index contributed by atoms with van der Waals surface area (Å²) in [6.07, 6.45) is 8.32. The molecule has 16 heavy (non-hydrogen) atoms. The zero-order valence-electron chi connectivity index (χ0n) is 9.74. The number of rotatable bonds is 4. The number of thioether (sulfide) groups is 1. The van der Waals surface area contributed by atoms with Gasteiger partial charge in [-0.25, -0.2) is 0 Å². The minimum atomic E-state index is 0.332. The normalized spacial score (nSPS) is 18.6. The van der Waals surface area contributed by atoms with Crippen LogP contribution in [0.5, 0.6) is 0 Å². The summed E-state index contributed by atoms with van der Waals surface area (Å²) in [5, 5.41) is 0. The molecule has 0 saturated heterocycles. The van der Waals surface area contributed by atoms with E-state index in [1.807, 2.05) is 23.9 Å². The molecule has 0 aromatic heterocycles. The van der Waals surface area contributed by atoms with Crippen LogP contribution in [0.25, 0.3) is 0 Å². The first-order valence-electron chi connectivity index (χ1n) is 5.85. The highest BCUT2D eigenvalue weighted by Gasteiger charge is 2.34. The molecule has 1 saturated carbocycles. The molecule has 0 unspecified atom stereocenters. The Morgan fingerprint density at radius 2 is 2.12 bits per heavy atom. The summed E-state index contributed by atoms with van der Waals surface area (Å²) in [7, 11) is 0. The zero-order valence-corrected chi connectivity index (χ0v) is 10.6. The molecule has 1 fully saturated rings. The highest BCUT2D eigenvalue weighted by molar-refractivity contribution is 7.98. The van der Waals surface area contributed by atoms with E-state index in [-0.39, 0.29) is 0 Å². The molecular formula is C14H18OS. The topological polar surface area (TPSA) is 17.1 Å². The molecule has 1 aliphatic carbocycles. The lowest BCUT2D eigenvalue weighted by molar-refractivity contribution is 0.112. The standard InChI is InChI=1S/C14H18OS/c1-16-11-14(7-2-3-8-14)13-6-4-5-12(9-13)10-15/h4-6,9-10H,2-3,7-8,11H2,1H3. The molecule has 0 heterocycles. The number of benzene rings is 1. The van der Waals surface area contributed by atoms with E-state index in [0.717, 1.165) is 11.8 Å². The molecule has 1 aliphatic rings. The van der Waals surface area contributed by atoms with Crippen molar-refractivity contribution in [3.05, 3.63) is 35.4 Å². The molecule has 2 rings (SSSR count). The van der Waals surface area contributed by atoms with Gasteiger partial charge in [0, 0.05) is 16.7 Å². The Hall–Kier alpha value is -0.760. The molecule has 1 aromatic rings. The fraction of sp³-hybridized carbons (Fsp3) is 0.500. The van der Waals surface area contributed by atoms with Crippen LogP contribution in [0.3, 0.4) is 0 Å². The summed E-state index contributed by atoms with van der Waals surface area (Å²) < 4.78 is 0. The molecule has 0 bridgehead atoms. The smallest absolute Gasteiger partial charge is 0.150 e. The Morgan fingerprint density at radius 3 is 2.75 bits per heavy atom. The quantitative estimate of drug-likeness (QED) is 0.739. The molecule has 0 amide bonds. The Balaban J connectivity index is 2.34. The van der Waals surface area contributed by atoms with E-state index < -0.39 is 0 Å². The van der Waals surface area contributed by atoms with Gasteiger partial charge in [-0.1, -0.05) is 31.0 Å². The fourth-order valence-electron chi connectivity index (χ4n) is 2.79. The van der Waals surface area contributed by atoms with Gasteiger partial charge in [0.05, 0.1) is 0 Å². The van der Waals surface area contributed by atoms with E-state index in [0.29, 0.717) is 5.41 Å². The minimum absolute atomic E-state index is 0.332. The molecular weight excluding hydrogens is 216 g/mol. The second-order valence-electron chi connectivity index (χ2n) is 4.66. The summed E-state index contributed by atoms with van der Waals surface area (Å²) in [5.74, 6) is 1.18. The summed E-state index contributed by atoms with van der Waals surface area (Å²) in [6.45, 7) is 0. The summed E-state index contributed by atoms with van der Waals surface area (Å²) in [6, 6.07) is 8.17. The van der Waals surface area contributed by atoms with Crippen LogP contribution >= 0.6 is 11.8 Å². The van der Waals surface area contributed by atoms with Gasteiger partial charge in [0.15, 0.2) is 0 Å². The van der Waals surface area contributed by atoms with Crippen molar-refractivity contribution >= 4 is 18.0 Å². The SMILES string of the molecule is CSCC1(c2cccc(C=O)c2)CCCC1. The highest BCUT2D eigenvalue weighted by Crippen LogP contribution is 2.43. The van der Waals surface area contributed by atoms with Crippen molar-refractivity contribution < 1.29 is 4.79 Å². The largest absolute Gasteiger partial charge is 0.298 e. The number of aldehydes is 1. The van der Waals surface area contributed by atoms with Gasteiger partial charge in [-0.15, -0.1) is 0 Å². The van der Waals surface area contributed by atoms with Gasteiger partial charge in [-0.2, -0.15) is 11.8 Å². The summed E-state index contributed by atoms with van der Waals surface area (Å²) in [5.41, 5.74) is 2.51. The third-order valence-electron chi connectivity index (χ3n) is 3.62. The Labute approximate surface area is 102 Å². The van der Waals surface area contributed by atoms with Crippen molar-refractivity contribution in [3.63, 3.8) is 0 Å². The second-order valence-corrected chi connectivity index (χ2v) is 5.53. The van der Waals surface area contributed by atoms with Gasteiger partial charge in [-0.05, 0) is 30.7 Å². The predicted molar refractivity (Wildman–Crippen MR) is 70.4 cm³/mol. The molecule has 2 heteroatoms.